The zero-order valence-electron chi connectivity index (χ0n) is 17.9. The number of nitrogens with zero attached hydrogens (tertiary/aromatic N) is 1. The van der Waals surface area contributed by atoms with E-state index in [1.807, 2.05) is 62.4 Å². The Labute approximate surface area is 187 Å². The molecule has 6 heteroatoms. The topological polar surface area (TPSA) is 77.0 Å². The molecule has 162 valence electrons. The fourth-order valence-corrected chi connectivity index (χ4v) is 2.66. The quantitative estimate of drug-likeness (QED) is 0.189. The summed E-state index contributed by atoms with van der Waals surface area (Å²) >= 11 is 0. The number of carbonyl (C=O) groups excluding carboxylic acids is 2. The van der Waals surface area contributed by atoms with Crippen LogP contribution >= 0.6 is 0 Å². The van der Waals surface area contributed by atoms with Crippen LogP contribution in [0.4, 0.5) is 0 Å². The molecule has 0 bridgehead atoms. The predicted octanol–water partition coefficient (Wildman–Crippen LogP) is 4.45. The van der Waals surface area contributed by atoms with Crippen LogP contribution in [0.2, 0.25) is 0 Å². The summed E-state index contributed by atoms with van der Waals surface area (Å²) in [5.41, 5.74) is 6.33. The molecule has 0 aliphatic rings. The molecule has 0 aromatic heterocycles. The van der Waals surface area contributed by atoms with Gasteiger partial charge >= 0.3 is 5.97 Å². The molecule has 1 N–H and O–H groups in total. The molecule has 6 nitrogen and oxygen atoms in total. The van der Waals surface area contributed by atoms with Crippen molar-refractivity contribution in [3.05, 3.63) is 101 Å². The van der Waals surface area contributed by atoms with Crippen LogP contribution in [0.15, 0.2) is 84.0 Å². The molecule has 0 radical (unpaired) electrons. The average Bonchev–Trinajstić information content (AvgIpc) is 2.80. The van der Waals surface area contributed by atoms with E-state index in [4.69, 9.17) is 9.47 Å². The lowest BCUT2D eigenvalue weighted by atomic mass is 10.1. The molecule has 1 amide bonds. The summed E-state index contributed by atoms with van der Waals surface area (Å²) in [6.45, 7) is 3.87. The molecule has 3 aromatic carbocycles. The highest BCUT2D eigenvalue weighted by molar-refractivity contribution is 5.89. The van der Waals surface area contributed by atoms with Gasteiger partial charge in [-0.15, -0.1) is 0 Å². The van der Waals surface area contributed by atoms with Crippen LogP contribution in [0.5, 0.6) is 11.5 Å². The van der Waals surface area contributed by atoms with Gasteiger partial charge in [-0.1, -0.05) is 36.4 Å². The standard InChI is InChI=1S/C26H24N2O4/c1-19-8-12-24(16-20(19)2)31-18-25(29)28-27-17-22-9-13-23(14-10-22)32-26(30)15-11-21-6-4-3-5-7-21/h3-17H,18H2,1-2H3,(H,28,29)/b15-11+,27-17+. The summed E-state index contributed by atoms with van der Waals surface area (Å²) in [6.07, 6.45) is 4.56. The van der Waals surface area contributed by atoms with E-state index >= 15 is 0 Å². The summed E-state index contributed by atoms with van der Waals surface area (Å²) in [6, 6.07) is 21.9. The fourth-order valence-electron chi connectivity index (χ4n) is 2.66. The zero-order chi connectivity index (χ0) is 22.8. The largest absolute Gasteiger partial charge is 0.484 e. The van der Waals surface area contributed by atoms with Gasteiger partial charge in [0.1, 0.15) is 11.5 Å². The third-order valence-corrected chi connectivity index (χ3v) is 4.56. The van der Waals surface area contributed by atoms with Gasteiger partial charge in [0.15, 0.2) is 6.61 Å². The molecule has 0 unspecified atom stereocenters. The lowest BCUT2D eigenvalue weighted by Gasteiger charge is -2.07. The zero-order valence-corrected chi connectivity index (χ0v) is 17.9. The second-order valence-electron chi connectivity index (χ2n) is 7.06. The Morgan fingerprint density at radius 2 is 1.59 bits per heavy atom. The molecular weight excluding hydrogens is 404 g/mol. The molecule has 0 atom stereocenters. The highest BCUT2D eigenvalue weighted by Gasteiger charge is 2.03. The van der Waals surface area contributed by atoms with Gasteiger partial charge in [-0.25, -0.2) is 10.2 Å². The van der Waals surface area contributed by atoms with Crippen LogP contribution in [0, 0.1) is 13.8 Å². The van der Waals surface area contributed by atoms with Gasteiger partial charge in [0.2, 0.25) is 0 Å². The highest BCUT2D eigenvalue weighted by atomic mass is 16.5. The Morgan fingerprint density at radius 1 is 0.875 bits per heavy atom. The van der Waals surface area contributed by atoms with E-state index in [-0.39, 0.29) is 12.5 Å². The normalized spacial score (nSPS) is 10.9. The van der Waals surface area contributed by atoms with E-state index < -0.39 is 5.97 Å². The Balaban J connectivity index is 1.43. The van der Waals surface area contributed by atoms with Gasteiger partial charge in [0.25, 0.3) is 5.91 Å². The summed E-state index contributed by atoms with van der Waals surface area (Å²) in [4.78, 5) is 23.8. The lowest BCUT2D eigenvalue weighted by Crippen LogP contribution is -2.24. The van der Waals surface area contributed by atoms with E-state index in [0.717, 1.165) is 22.3 Å². The number of amides is 1. The third kappa shape index (κ3) is 7.25. The number of aryl methyl sites for hydroxylation is 2. The first-order valence-corrected chi connectivity index (χ1v) is 10.1. The van der Waals surface area contributed by atoms with Gasteiger partial charge < -0.3 is 9.47 Å². The highest BCUT2D eigenvalue weighted by Crippen LogP contribution is 2.16. The number of ether oxygens (including phenoxy) is 2. The molecule has 32 heavy (non-hydrogen) atoms. The summed E-state index contributed by atoms with van der Waals surface area (Å²) in [7, 11) is 0. The number of carbonyl (C=O) groups is 2. The Bertz CT molecular complexity index is 1120. The van der Waals surface area contributed by atoms with E-state index in [9.17, 15) is 9.59 Å². The second kappa shape index (κ2) is 11.3. The Morgan fingerprint density at radius 3 is 2.31 bits per heavy atom. The first kappa shape index (κ1) is 22.5. The van der Waals surface area contributed by atoms with Crippen LogP contribution in [0.1, 0.15) is 22.3 Å². The minimum absolute atomic E-state index is 0.134. The number of hydrogen-bond acceptors (Lipinski definition) is 5. The molecule has 0 fully saturated rings. The number of hydrazone groups is 1. The Hall–Kier alpha value is -4.19. The van der Waals surface area contributed by atoms with Crippen molar-refractivity contribution in [2.75, 3.05) is 6.61 Å². The lowest BCUT2D eigenvalue weighted by molar-refractivity contribution is -0.129. The maximum Gasteiger partial charge on any atom is 0.336 e. The number of rotatable bonds is 8. The monoisotopic (exact) mass is 428 g/mol. The van der Waals surface area contributed by atoms with Crippen molar-refractivity contribution in [3.8, 4) is 11.5 Å². The van der Waals surface area contributed by atoms with Crippen LogP contribution in [-0.2, 0) is 9.59 Å². The molecule has 0 saturated heterocycles. The molecular formula is C26H24N2O4. The maximum absolute atomic E-state index is 11.9. The van der Waals surface area contributed by atoms with E-state index in [0.29, 0.717) is 11.5 Å². The molecule has 0 saturated carbocycles. The van der Waals surface area contributed by atoms with Gasteiger partial charge in [-0.3, -0.25) is 4.79 Å². The third-order valence-electron chi connectivity index (χ3n) is 4.56. The van der Waals surface area contributed by atoms with Crippen molar-refractivity contribution in [3.63, 3.8) is 0 Å². The molecule has 3 aromatic rings. The maximum atomic E-state index is 11.9. The first-order valence-electron chi connectivity index (χ1n) is 10.1. The van der Waals surface area contributed by atoms with Gasteiger partial charge in [-0.05, 0) is 78.6 Å². The number of hydrogen-bond donors (Lipinski definition) is 1. The minimum atomic E-state index is -0.466. The van der Waals surface area contributed by atoms with E-state index in [1.165, 1.54) is 12.3 Å². The molecule has 3 rings (SSSR count). The van der Waals surface area contributed by atoms with Crippen LogP contribution < -0.4 is 14.9 Å². The van der Waals surface area contributed by atoms with Gasteiger partial charge in [-0.2, -0.15) is 5.10 Å². The van der Waals surface area contributed by atoms with Crippen molar-refractivity contribution in [1.82, 2.24) is 5.43 Å². The molecule has 0 aliphatic heterocycles. The van der Waals surface area contributed by atoms with Crippen molar-refractivity contribution in [1.29, 1.82) is 0 Å². The SMILES string of the molecule is Cc1ccc(OCC(=O)N/N=C/c2ccc(OC(=O)/C=C/c3ccccc3)cc2)cc1C. The van der Waals surface area contributed by atoms with E-state index in [1.54, 1.807) is 30.3 Å². The van der Waals surface area contributed by atoms with Crippen LogP contribution in [0.3, 0.4) is 0 Å². The van der Waals surface area contributed by atoms with Crippen LogP contribution in [0.25, 0.3) is 6.08 Å². The molecule has 0 spiro atoms. The summed E-state index contributed by atoms with van der Waals surface area (Å²) in [5.74, 6) is 0.216. The minimum Gasteiger partial charge on any atom is -0.484 e. The number of esters is 1. The Kier molecular flexibility index (Phi) is 7.92. The van der Waals surface area contributed by atoms with Crippen molar-refractivity contribution < 1.29 is 19.1 Å². The van der Waals surface area contributed by atoms with Crippen molar-refractivity contribution in [2.24, 2.45) is 5.10 Å². The second-order valence-corrected chi connectivity index (χ2v) is 7.06. The van der Waals surface area contributed by atoms with Gasteiger partial charge in [0.05, 0.1) is 6.21 Å². The van der Waals surface area contributed by atoms with Crippen molar-refractivity contribution >= 4 is 24.2 Å². The van der Waals surface area contributed by atoms with Gasteiger partial charge in [0, 0.05) is 6.08 Å². The summed E-state index contributed by atoms with van der Waals surface area (Å²) in [5, 5.41) is 3.92. The van der Waals surface area contributed by atoms with Crippen molar-refractivity contribution in [2.45, 2.75) is 13.8 Å². The average molecular weight is 428 g/mol. The number of benzene rings is 3. The fraction of sp³-hybridized carbons (Fsp3) is 0.115. The summed E-state index contributed by atoms with van der Waals surface area (Å²) < 4.78 is 10.7. The molecule has 0 heterocycles. The smallest absolute Gasteiger partial charge is 0.336 e. The van der Waals surface area contributed by atoms with Crippen LogP contribution in [-0.4, -0.2) is 24.7 Å². The van der Waals surface area contributed by atoms with E-state index in [2.05, 4.69) is 10.5 Å². The number of nitrogens with one attached hydrogen (secondary N) is 1. The first-order chi connectivity index (χ1) is 15.5. The molecule has 0 aliphatic carbocycles. The predicted molar refractivity (Wildman–Crippen MR) is 125 cm³/mol.